The van der Waals surface area contributed by atoms with E-state index in [1.807, 2.05) is 24.3 Å². The van der Waals surface area contributed by atoms with E-state index in [-0.39, 0.29) is 11.8 Å². The minimum absolute atomic E-state index is 0.00289. The molecule has 1 unspecified atom stereocenters. The third-order valence-electron chi connectivity index (χ3n) is 2.84. The Morgan fingerprint density at radius 2 is 2.22 bits per heavy atom. The van der Waals surface area contributed by atoms with E-state index < -0.39 is 0 Å². The number of carbonyl (C=O) groups is 1. The van der Waals surface area contributed by atoms with Crippen molar-refractivity contribution in [1.82, 2.24) is 4.98 Å². The predicted octanol–water partition coefficient (Wildman–Crippen LogP) is 2.93. The van der Waals surface area contributed by atoms with Crippen molar-refractivity contribution >= 4 is 27.3 Å². The first-order chi connectivity index (χ1) is 8.69. The molecule has 0 bridgehead atoms. The molecular weight excluding hydrogens is 244 g/mol. The van der Waals surface area contributed by atoms with Crippen molar-refractivity contribution in [2.45, 2.75) is 38.6 Å². The SMILES string of the molecule is CCCC(N)CC(=O)Cc1nc2ccccc2s1. The number of nitrogens with two attached hydrogens (primary N) is 1. The zero-order valence-corrected chi connectivity index (χ0v) is 11.4. The van der Waals surface area contributed by atoms with Crippen molar-refractivity contribution in [1.29, 1.82) is 0 Å². The van der Waals surface area contributed by atoms with Crippen LogP contribution in [0, 0.1) is 0 Å². The van der Waals surface area contributed by atoms with E-state index in [1.54, 1.807) is 11.3 Å². The van der Waals surface area contributed by atoms with Gasteiger partial charge in [0.05, 0.1) is 16.6 Å². The highest BCUT2D eigenvalue weighted by Gasteiger charge is 2.12. The van der Waals surface area contributed by atoms with Gasteiger partial charge in [-0.25, -0.2) is 4.98 Å². The highest BCUT2D eigenvalue weighted by atomic mass is 32.1. The molecule has 2 aromatic rings. The fraction of sp³-hybridized carbons (Fsp3) is 0.429. The van der Waals surface area contributed by atoms with Gasteiger partial charge in [0, 0.05) is 12.5 Å². The molecule has 0 fully saturated rings. The van der Waals surface area contributed by atoms with Crippen LogP contribution in [0.4, 0.5) is 0 Å². The van der Waals surface area contributed by atoms with Gasteiger partial charge in [-0.15, -0.1) is 11.3 Å². The summed E-state index contributed by atoms with van der Waals surface area (Å²) in [6.07, 6.45) is 2.81. The first-order valence-electron chi connectivity index (χ1n) is 6.30. The molecule has 4 heteroatoms. The second kappa shape index (κ2) is 6.07. The quantitative estimate of drug-likeness (QED) is 0.870. The standard InChI is InChI=1S/C14H18N2OS/c1-2-5-10(15)8-11(17)9-14-16-12-6-3-4-7-13(12)18-14/h3-4,6-7,10H,2,5,8-9,15H2,1H3. The zero-order chi connectivity index (χ0) is 13.0. The number of nitrogens with zero attached hydrogens (tertiary/aromatic N) is 1. The smallest absolute Gasteiger partial charge is 0.141 e. The van der Waals surface area contributed by atoms with Crippen LogP contribution in [0.5, 0.6) is 0 Å². The summed E-state index contributed by atoms with van der Waals surface area (Å²) in [6, 6.07) is 7.96. The molecule has 0 saturated carbocycles. The van der Waals surface area contributed by atoms with Gasteiger partial charge in [-0.1, -0.05) is 25.5 Å². The van der Waals surface area contributed by atoms with Crippen LogP contribution in [0.15, 0.2) is 24.3 Å². The lowest BCUT2D eigenvalue weighted by Crippen LogP contribution is -2.24. The average molecular weight is 262 g/mol. The molecule has 0 amide bonds. The number of ketones is 1. The summed E-state index contributed by atoms with van der Waals surface area (Å²) >= 11 is 1.59. The number of para-hydroxylation sites is 1. The van der Waals surface area contributed by atoms with Crippen molar-refractivity contribution < 1.29 is 4.79 Å². The molecule has 0 aliphatic heterocycles. The van der Waals surface area contributed by atoms with Crippen molar-refractivity contribution in [3.05, 3.63) is 29.3 Å². The normalized spacial score (nSPS) is 12.8. The first-order valence-corrected chi connectivity index (χ1v) is 7.12. The lowest BCUT2D eigenvalue weighted by Gasteiger charge is -2.07. The first kappa shape index (κ1) is 13.2. The molecule has 2 N–H and O–H groups in total. The van der Waals surface area contributed by atoms with E-state index >= 15 is 0 Å². The molecule has 0 saturated heterocycles. The second-order valence-electron chi connectivity index (χ2n) is 4.54. The number of rotatable bonds is 6. The van der Waals surface area contributed by atoms with Crippen molar-refractivity contribution in [3.63, 3.8) is 0 Å². The lowest BCUT2D eigenvalue weighted by molar-refractivity contribution is -0.118. The third-order valence-corrected chi connectivity index (χ3v) is 3.87. The number of carbonyl (C=O) groups excluding carboxylic acids is 1. The summed E-state index contributed by atoms with van der Waals surface area (Å²) < 4.78 is 1.14. The Morgan fingerprint density at radius 1 is 1.44 bits per heavy atom. The van der Waals surface area contributed by atoms with E-state index in [0.29, 0.717) is 12.8 Å². The molecule has 3 nitrogen and oxygen atoms in total. The van der Waals surface area contributed by atoms with Gasteiger partial charge in [-0.05, 0) is 18.6 Å². The Kier molecular flexibility index (Phi) is 4.44. The van der Waals surface area contributed by atoms with Gasteiger partial charge in [0.15, 0.2) is 0 Å². The minimum Gasteiger partial charge on any atom is -0.327 e. The van der Waals surface area contributed by atoms with Crippen LogP contribution in [0.3, 0.4) is 0 Å². The van der Waals surface area contributed by atoms with Crippen LogP contribution in [0.2, 0.25) is 0 Å². The summed E-state index contributed by atoms with van der Waals surface area (Å²) in [5.41, 5.74) is 6.85. The summed E-state index contributed by atoms with van der Waals surface area (Å²) in [5, 5.41) is 0.893. The van der Waals surface area contributed by atoms with Crippen LogP contribution in [0.25, 0.3) is 10.2 Å². The van der Waals surface area contributed by atoms with Crippen LogP contribution in [-0.4, -0.2) is 16.8 Å². The molecule has 96 valence electrons. The van der Waals surface area contributed by atoms with Gasteiger partial charge >= 0.3 is 0 Å². The Labute approximate surface area is 111 Å². The maximum atomic E-state index is 11.9. The number of hydrogen-bond donors (Lipinski definition) is 1. The monoisotopic (exact) mass is 262 g/mol. The molecule has 0 radical (unpaired) electrons. The Balaban J connectivity index is 1.98. The maximum absolute atomic E-state index is 11.9. The van der Waals surface area contributed by atoms with Gasteiger partial charge in [0.25, 0.3) is 0 Å². The van der Waals surface area contributed by atoms with Gasteiger partial charge in [0.2, 0.25) is 0 Å². The van der Waals surface area contributed by atoms with Crippen molar-refractivity contribution in [2.75, 3.05) is 0 Å². The molecule has 18 heavy (non-hydrogen) atoms. The van der Waals surface area contributed by atoms with E-state index in [2.05, 4.69) is 11.9 Å². The lowest BCUT2D eigenvalue weighted by atomic mass is 10.1. The topological polar surface area (TPSA) is 56.0 Å². The Bertz CT molecular complexity index is 502. The fourth-order valence-electron chi connectivity index (χ4n) is 2.00. The molecular formula is C14H18N2OS. The van der Waals surface area contributed by atoms with E-state index in [0.717, 1.165) is 28.1 Å². The summed E-state index contributed by atoms with van der Waals surface area (Å²) in [6.45, 7) is 2.08. The molecule has 1 atom stereocenters. The number of thiazole rings is 1. The van der Waals surface area contributed by atoms with Crippen LogP contribution in [0.1, 0.15) is 31.2 Å². The zero-order valence-electron chi connectivity index (χ0n) is 10.6. The average Bonchev–Trinajstić information content (AvgIpc) is 2.70. The molecule has 0 aliphatic carbocycles. The highest BCUT2D eigenvalue weighted by molar-refractivity contribution is 7.18. The van der Waals surface area contributed by atoms with Crippen LogP contribution in [-0.2, 0) is 11.2 Å². The third kappa shape index (κ3) is 3.37. The van der Waals surface area contributed by atoms with Gasteiger partial charge in [0.1, 0.15) is 10.8 Å². The Hall–Kier alpha value is -1.26. The number of hydrogen-bond acceptors (Lipinski definition) is 4. The minimum atomic E-state index is -0.00289. The molecule has 1 aromatic heterocycles. The van der Waals surface area contributed by atoms with Gasteiger partial charge in [-0.2, -0.15) is 0 Å². The molecule has 0 aliphatic rings. The molecule has 2 rings (SSSR count). The molecule has 1 heterocycles. The van der Waals surface area contributed by atoms with E-state index in [4.69, 9.17) is 5.73 Å². The van der Waals surface area contributed by atoms with E-state index in [9.17, 15) is 4.79 Å². The summed E-state index contributed by atoms with van der Waals surface area (Å²) in [4.78, 5) is 16.3. The fourth-order valence-corrected chi connectivity index (χ4v) is 3.00. The summed E-state index contributed by atoms with van der Waals surface area (Å²) in [7, 11) is 0. The van der Waals surface area contributed by atoms with Crippen molar-refractivity contribution in [3.8, 4) is 0 Å². The highest BCUT2D eigenvalue weighted by Crippen LogP contribution is 2.22. The number of benzene rings is 1. The maximum Gasteiger partial charge on any atom is 0.141 e. The van der Waals surface area contributed by atoms with Crippen LogP contribution >= 0.6 is 11.3 Å². The molecule has 0 spiro atoms. The predicted molar refractivity (Wildman–Crippen MR) is 75.8 cm³/mol. The van der Waals surface area contributed by atoms with Crippen molar-refractivity contribution in [2.24, 2.45) is 5.73 Å². The Morgan fingerprint density at radius 3 is 2.94 bits per heavy atom. The van der Waals surface area contributed by atoms with E-state index in [1.165, 1.54) is 0 Å². The van der Waals surface area contributed by atoms with Gasteiger partial charge in [-0.3, -0.25) is 4.79 Å². The molecule has 1 aromatic carbocycles. The summed E-state index contributed by atoms with van der Waals surface area (Å²) in [5.74, 6) is 0.190. The number of aromatic nitrogens is 1. The second-order valence-corrected chi connectivity index (χ2v) is 5.66. The largest absolute Gasteiger partial charge is 0.327 e. The number of fused-ring (bicyclic) bond motifs is 1. The van der Waals surface area contributed by atoms with Gasteiger partial charge < -0.3 is 5.73 Å². The number of Topliss-reactive ketones (excluding diaryl/α,β-unsaturated/α-hetero) is 1. The van der Waals surface area contributed by atoms with Crippen LogP contribution < -0.4 is 5.73 Å².